The molecule has 1 aliphatic carbocycles. The van der Waals surface area contributed by atoms with Crippen molar-refractivity contribution < 1.29 is 0 Å². The number of nitrogens with zero attached hydrogens (tertiary/aromatic N) is 1. The summed E-state index contributed by atoms with van der Waals surface area (Å²) in [5.41, 5.74) is 6.59. The molecule has 1 aromatic heterocycles. The SMILES string of the molecule is C=CC=C1/C(=C\C)n2c3ccccc3c3cccc(c32)C2C=CC=CC12. The van der Waals surface area contributed by atoms with Gasteiger partial charge in [-0.2, -0.15) is 0 Å². The van der Waals surface area contributed by atoms with Crippen LogP contribution in [0.15, 0.2) is 97.1 Å². The summed E-state index contributed by atoms with van der Waals surface area (Å²) >= 11 is 0. The number of hydrogen-bond donors (Lipinski definition) is 0. The topological polar surface area (TPSA) is 4.93 Å². The van der Waals surface area contributed by atoms with Gasteiger partial charge in [-0.3, -0.25) is 0 Å². The van der Waals surface area contributed by atoms with Crippen LogP contribution in [0.4, 0.5) is 0 Å². The van der Waals surface area contributed by atoms with E-state index in [2.05, 4.69) is 97.0 Å². The molecule has 0 bridgehead atoms. The van der Waals surface area contributed by atoms with Crippen LogP contribution in [0.1, 0.15) is 18.4 Å². The lowest BCUT2D eigenvalue weighted by Crippen LogP contribution is -2.13. The van der Waals surface area contributed by atoms with E-state index in [1.54, 1.807) is 0 Å². The molecule has 26 heavy (non-hydrogen) atoms. The highest BCUT2D eigenvalue weighted by Crippen LogP contribution is 2.48. The first-order chi connectivity index (χ1) is 12.8. The van der Waals surface area contributed by atoms with Crippen molar-refractivity contribution in [2.45, 2.75) is 12.8 Å². The second kappa shape index (κ2) is 5.74. The molecule has 2 atom stereocenters. The number of fused-ring (bicyclic) bond motifs is 5. The fraction of sp³-hybridized carbons (Fsp3) is 0.120. The number of para-hydroxylation sites is 2. The van der Waals surface area contributed by atoms with Gasteiger partial charge in [0.25, 0.3) is 0 Å². The number of aromatic nitrogens is 1. The average Bonchev–Trinajstić information content (AvgIpc) is 2.97. The van der Waals surface area contributed by atoms with Crippen LogP contribution in [0.3, 0.4) is 0 Å². The lowest BCUT2D eigenvalue weighted by atomic mass is 9.78. The number of hydrogen-bond acceptors (Lipinski definition) is 0. The highest BCUT2D eigenvalue weighted by atomic mass is 15.0. The van der Waals surface area contributed by atoms with Crippen molar-refractivity contribution in [1.82, 2.24) is 4.57 Å². The summed E-state index contributed by atoms with van der Waals surface area (Å²) in [6.07, 6.45) is 15.4. The lowest BCUT2D eigenvalue weighted by molar-refractivity contribution is 0.685. The fourth-order valence-electron chi connectivity index (χ4n) is 4.68. The first-order valence-electron chi connectivity index (χ1n) is 9.22. The zero-order chi connectivity index (χ0) is 17.7. The minimum absolute atomic E-state index is 0.327. The summed E-state index contributed by atoms with van der Waals surface area (Å²) in [5, 5.41) is 2.65. The van der Waals surface area contributed by atoms with E-state index in [1.165, 1.54) is 38.6 Å². The first-order valence-corrected chi connectivity index (χ1v) is 9.22. The van der Waals surface area contributed by atoms with Crippen molar-refractivity contribution in [3.8, 4) is 0 Å². The molecule has 126 valence electrons. The largest absolute Gasteiger partial charge is 0.309 e. The number of allylic oxidation sites excluding steroid dienone is 9. The first kappa shape index (κ1) is 15.2. The normalized spacial score (nSPS) is 24.3. The second-order valence-electron chi connectivity index (χ2n) is 6.95. The van der Waals surface area contributed by atoms with Gasteiger partial charge in [0, 0.05) is 28.3 Å². The molecule has 0 fully saturated rings. The van der Waals surface area contributed by atoms with Crippen molar-refractivity contribution >= 4 is 27.5 Å². The summed E-state index contributed by atoms with van der Waals surface area (Å²) in [7, 11) is 0. The van der Waals surface area contributed by atoms with Gasteiger partial charge in [0.2, 0.25) is 0 Å². The molecule has 1 aliphatic heterocycles. The Morgan fingerprint density at radius 1 is 0.923 bits per heavy atom. The van der Waals surface area contributed by atoms with Gasteiger partial charge >= 0.3 is 0 Å². The van der Waals surface area contributed by atoms with Crippen molar-refractivity contribution in [2.75, 3.05) is 0 Å². The molecule has 0 spiro atoms. The Balaban J connectivity index is 2.02. The Hall–Kier alpha value is -3.06. The molecule has 5 rings (SSSR count). The Kier molecular flexibility index (Phi) is 3.36. The van der Waals surface area contributed by atoms with Gasteiger partial charge < -0.3 is 4.57 Å². The van der Waals surface area contributed by atoms with E-state index in [9.17, 15) is 0 Å². The molecule has 2 unspecified atom stereocenters. The lowest BCUT2D eigenvalue weighted by Gasteiger charge is -2.25. The summed E-state index contributed by atoms with van der Waals surface area (Å²) < 4.78 is 2.45. The van der Waals surface area contributed by atoms with Crippen LogP contribution < -0.4 is 0 Å². The zero-order valence-corrected chi connectivity index (χ0v) is 14.9. The van der Waals surface area contributed by atoms with Gasteiger partial charge in [0.1, 0.15) is 0 Å². The van der Waals surface area contributed by atoms with Crippen LogP contribution in [0.5, 0.6) is 0 Å². The molecule has 0 radical (unpaired) electrons. The summed E-state index contributed by atoms with van der Waals surface area (Å²) in [6.45, 7) is 6.12. The maximum Gasteiger partial charge on any atom is 0.0579 e. The molecule has 1 nitrogen and oxygen atoms in total. The molecule has 0 saturated heterocycles. The highest BCUT2D eigenvalue weighted by Gasteiger charge is 2.33. The Morgan fingerprint density at radius 2 is 1.69 bits per heavy atom. The number of rotatable bonds is 1. The Morgan fingerprint density at radius 3 is 2.50 bits per heavy atom. The van der Waals surface area contributed by atoms with Crippen molar-refractivity contribution in [1.29, 1.82) is 0 Å². The molecule has 3 aromatic rings. The second-order valence-corrected chi connectivity index (χ2v) is 6.95. The summed E-state index contributed by atoms with van der Waals surface area (Å²) in [5.74, 6) is 0.670. The quantitative estimate of drug-likeness (QED) is 0.472. The van der Waals surface area contributed by atoms with Gasteiger partial charge in [0.15, 0.2) is 0 Å². The van der Waals surface area contributed by atoms with E-state index in [1.807, 2.05) is 6.08 Å². The van der Waals surface area contributed by atoms with Crippen LogP contribution in [-0.2, 0) is 0 Å². The third kappa shape index (κ3) is 1.91. The van der Waals surface area contributed by atoms with Crippen LogP contribution in [0, 0.1) is 5.92 Å². The van der Waals surface area contributed by atoms with Gasteiger partial charge in [-0.05, 0) is 24.1 Å². The van der Waals surface area contributed by atoms with Gasteiger partial charge in [-0.15, -0.1) is 0 Å². The van der Waals surface area contributed by atoms with E-state index in [0.29, 0.717) is 11.8 Å². The van der Waals surface area contributed by atoms with Gasteiger partial charge in [0.05, 0.1) is 11.0 Å². The Bertz CT molecular complexity index is 1160. The summed E-state index contributed by atoms with van der Waals surface area (Å²) in [6, 6.07) is 15.5. The van der Waals surface area contributed by atoms with Crippen molar-refractivity contribution in [3.63, 3.8) is 0 Å². The molecule has 1 heteroatoms. The Labute approximate surface area is 153 Å². The smallest absolute Gasteiger partial charge is 0.0579 e. The van der Waals surface area contributed by atoms with E-state index in [-0.39, 0.29) is 0 Å². The van der Waals surface area contributed by atoms with Crippen molar-refractivity contribution in [2.24, 2.45) is 5.92 Å². The van der Waals surface area contributed by atoms with E-state index < -0.39 is 0 Å². The third-order valence-corrected chi connectivity index (χ3v) is 5.69. The minimum atomic E-state index is 0.327. The van der Waals surface area contributed by atoms with Crippen molar-refractivity contribution in [3.05, 3.63) is 103 Å². The maximum absolute atomic E-state index is 3.98. The molecule has 2 aromatic carbocycles. The van der Waals surface area contributed by atoms with Crippen LogP contribution >= 0.6 is 0 Å². The molecular formula is C25H21N. The number of benzene rings is 2. The summed E-state index contributed by atoms with van der Waals surface area (Å²) in [4.78, 5) is 0. The predicted octanol–water partition coefficient (Wildman–Crippen LogP) is 6.61. The van der Waals surface area contributed by atoms with Gasteiger partial charge in [-0.1, -0.05) is 85.5 Å². The van der Waals surface area contributed by atoms with E-state index >= 15 is 0 Å². The molecule has 0 N–H and O–H groups in total. The minimum Gasteiger partial charge on any atom is -0.309 e. The van der Waals surface area contributed by atoms with Crippen LogP contribution in [0.2, 0.25) is 0 Å². The van der Waals surface area contributed by atoms with E-state index in [0.717, 1.165) is 0 Å². The van der Waals surface area contributed by atoms with Crippen LogP contribution in [0.25, 0.3) is 27.5 Å². The highest BCUT2D eigenvalue weighted by molar-refractivity contribution is 6.12. The molecule has 2 aliphatic rings. The maximum atomic E-state index is 3.98. The van der Waals surface area contributed by atoms with Gasteiger partial charge in [-0.25, -0.2) is 0 Å². The molecule has 0 saturated carbocycles. The molecule has 2 heterocycles. The standard InChI is InChI=1S/C25H21N/c1-3-10-19-17-11-5-6-12-18(17)21-14-9-15-22-20-13-7-8-16-24(20)26(25(21)22)23(19)4-2/h3-18H,1H2,2H3/b19-10?,23-4+. The molecule has 0 amide bonds. The third-order valence-electron chi connectivity index (χ3n) is 5.69. The average molecular weight is 335 g/mol. The predicted molar refractivity (Wildman–Crippen MR) is 112 cm³/mol. The monoisotopic (exact) mass is 335 g/mol. The molecular weight excluding hydrogens is 314 g/mol. The zero-order valence-electron chi connectivity index (χ0n) is 14.9. The fourth-order valence-corrected chi connectivity index (χ4v) is 4.68. The van der Waals surface area contributed by atoms with Crippen LogP contribution in [-0.4, -0.2) is 4.57 Å². The van der Waals surface area contributed by atoms with E-state index in [4.69, 9.17) is 0 Å².